The lowest BCUT2D eigenvalue weighted by molar-refractivity contribution is 0.676. The van der Waals surface area contributed by atoms with Crippen molar-refractivity contribution < 1.29 is 0 Å². The summed E-state index contributed by atoms with van der Waals surface area (Å²) in [4.78, 5) is 0. The van der Waals surface area contributed by atoms with Crippen LogP contribution < -0.4 is 5.73 Å². The van der Waals surface area contributed by atoms with Gasteiger partial charge in [-0.05, 0) is 26.7 Å². The van der Waals surface area contributed by atoms with E-state index in [2.05, 4.69) is 12.2 Å². The standard InChI is InChI=1S/C9H17N/c1-3-4-5-6-7-8-9(2)10/h3-6,9H,7-8,10H2,1-2H3/b4-3-,6-5-. The van der Waals surface area contributed by atoms with Gasteiger partial charge in [-0.15, -0.1) is 0 Å². The molecule has 0 aromatic rings. The van der Waals surface area contributed by atoms with Gasteiger partial charge in [0.05, 0.1) is 0 Å². The van der Waals surface area contributed by atoms with Gasteiger partial charge in [0.1, 0.15) is 0 Å². The minimum atomic E-state index is 0.329. The second-order valence-electron chi connectivity index (χ2n) is 2.51. The summed E-state index contributed by atoms with van der Waals surface area (Å²) in [5, 5.41) is 0. The van der Waals surface area contributed by atoms with E-state index in [1.807, 2.05) is 26.0 Å². The summed E-state index contributed by atoms with van der Waals surface area (Å²) in [6.45, 7) is 4.04. The molecule has 0 heterocycles. The van der Waals surface area contributed by atoms with Gasteiger partial charge in [-0.25, -0.2) is 0 Å². The van der Waals surface area contributed by atoms with Crippen molar-refractivity contribution in [3.05, 3.63) is 24.3 Å². The quantitative estimate of drug-likeness (QED) is 0.594. The molecule has 1 heteroatoms. The van der Waals surface area contributed by atoms with Crippen LogP contribution in [0.25, 0.3) is 0 Å². The average Bonchev–Trinajstić information content (AvgIpc) is 1.87. The molecule has 0 bridgehead atoms. The fourth-order valence-corrected chi connectivity index (χ4v) is 0.645. The number of allylic oxidation sites excluding steroid dienone is 4. The van der Waals surface area contributed by atoms with E-state index in [1.165, 1.54) is 0 Å². The Labute approximate surface area is 63.6 Å². The van der Waals surface area contributed by atoms with Crippen LogP contribution >= 0.6 is 0 Å². The smallest absolute Gasteiger partial charge is 0.00134 e. The van der Waals surface area contributed by atoms with Crippen molar-refractivity contribution in [1.29, 1.82) is 0 Å². The van der Waals surface area contributed by atoms with Gasteiger partial charge in [-0.2, -0.15) is 0 Å². The first-order valence-corrected chi connectivity index (χ1v) is 3.80. The molecule has 10 heavy (non-hydrogen) atoms. The van der Waals surface area contributed by atoms with Crippen LogP contribution in [-0.2, 0) is 0 Å². The predicted molar refractivity (Wildman–Crippen MR) is 46.8 cm³/mol. The van der Waals surface area contributed by atoms with E-state index in [-0.39, 0.29) is 0 Å². The summed E-state index contributed by atoms with van der Waals surface area (Å²) in [6.07, 6.45) is 10.4. The Morgan fingerprint density at radius 3 is 2.60 bits per heavy atom. The Morgan fingerprint density at radius 1 is 1.40 bits per heavy atom. The summed E-state index contributed by atoms with van der Waals surface area (Å²) in [5.41, 5.74) is 5.56. The Kier molecular flexibility index (Phi) is 6.19. The molecule has 58 valence electrons. The minimum Gasteiger partial charge on any atom is -0.328 e. The van der Waals surface area contributed by atoms with Gasteiger partial charge in [-0.3, -0.25) is 0 Å². The summed E-state index contributed by atoms with van der Waals surface area (Å²) in [7, 11) is 0. The van der Waals surface area contributed by atoms with Crippen molar-refractivity contribution >= 4 is 0 Å². The van der Waals surface area contributed by atoms with Crippen molar-refractivity contribution in [3.8, 4) is 0 Å². The van der Waals surface area contributed by atoms with E-state index in [1.54, 1.807) is 0 Å². The lowest BCUT2D eigenvalue weighted by atomic mass is 10.2. The van der Waals surface area contributed by atoms with E-state index < -0.39 is 0 Å². The number of nitrogens with two attached hydrogens (primary N) is 1. The minimum absolute atomic E-state index is 0.329. The van der Waals surface area contributed by atoms with Gasteiger partial charge < -0.3 is 5.73 Å². The maximum absolute atomic E-state index is 5.56. The van der Waals surface area contributed by atoms with Crippen LogP contribution in [0.3, 0.4) is 0 Å². The normalized spacial score (nSPS) is 15.1. The molecule has 0 aliphatic heterocycles. The molecular weight excluding hydrogens is 122 g/mol. The molecule has 0 aliphatic carbocycles. The van der Waals surface area contributed by atoms with Gasteiger partial charge in [0.2, 0.25) is 0 Å². The molecule has 1 unspecified atom stereocenters. The Balaban J connectivity index is 3.18. The zero-order valence-corrected chi connectivity index (χ0v) is 6.88. The van der Waals surface area contributed by atoms with Gasteiger partial charge in [0.25, 0.3) is 0 Å². The molecule has 1 nitrogen and oxygen atoms in total. The third-order valence-electron chi connectivity index (χ3n) is 1.23. The topological polar surface area (TPSA) is 26.0 Å². The molecule has 0 aromatic heterocycles. The van der Waals surface area contributed by atoms with Crippen LogP contribution in [-0.4, -0.2) is 6.04 Å². The van der Waals surface area contributed by atoms with Crippen LogP contribution in [0.2, 0.25) is 0 Å². The highest BCUT2D eigenvalue weighted by atomic mass is 14.6. The molecule has 0 rings (SSSR count). The molecule has 0 amide bonds. The molecule has 0 aliphatic rings. The van der Waals surface area contributed by atoms with Crippen molar-refractivity contribution in [2.75, 3.05) is 0 Å². The van der Waals surface area contributed by atoms with E-state index in [0.29, 0.717) is 6.04 Å². The lowest BCUT2D eigenvalue weighted by Gasteiger charge is -1.98. The molecule has 1 atom stereocenters. The second-order valence-corrected chi connectivity index (χ2v) is 2.51. The molecule has 0 spiro atoms. The molecule has 0 fully saturated rings. The number of rotatable bonds is 4. The van der Waals surface area contributed by atoms with Crippen molar-refractivity contribution in [2.45, 2.75) is 32.7 Å². The summed E-state index contributed by atoms with van der Waals surface area (Å²) in [6, 6.07) is 0.329. The first-order chi connectivity index (χ1) is 4.77. The highest BCUT2D eigenvalue weighted by Gasteiger charge is 1.87. The summed E-state index contributed by atoms with van der Waals surface area (Å²) < 4.78 is 0. The van der Waals surface area contributed by atoms with Crippen LogP contribution in [0.4, 0.5) is 0 Å². The largest absolute Gasteiger partial charge is 0.328 e. The molecular formula is C9H17N. The Morgan fingerprint density at radius 2 is 2.10 bits per heavy atom. The van der Waals surface area contributed by atoms with Gasteiger partial charge >= 0.3 is 0 Å². The number of hydrogen-bond acceptors (Lipinski definition) is 1. The SMILES string of the molecule is C/C=C\C=C/CCC(C)N. The zero-order chi connectivity index (χ0) is 7.82. The van der Waals surface area contributed by atoms with Crippen molar-refractivity contribution in [1.82, 2.24) is 0 Å². The highest BCUT2D eigenvalue weighted by Crippen LogP contribution is 1.94. The van der Waals surface area contributed by atoms with Gasteiger partial charge in [-0.1, -0.05) is 24.3 Å². The van der Waals surface area contributed by atoms with Gasteiger partial charge in [0.15, 0.2) is 0 Å². The monoisotopic (exact) mass is 139 g/mol. The summed E-state index contributed by atoms with van der Waals surface area (Å²) in [5.74, 6) is 0. The van der Waals surface area contributed by atoms with Crippen molar-refractivity contribution in [2.24, 2.45) is 5.73 Å². The van der Waals surface area contributed by atoms with Gasteiger partial charge in [0, 0.05) is 6.04 Å². The maximum atomic E-state index is 5.56. The molecule has 0 saturated carbocycles. The second kappa shape index (κ2) is 6.56. The maximum Gasteiger partial charge on any atom is 0.00134 e. The summed E-state index contributed by atoms with van der Waals surface area (Å²) >= 11 is 0. The molecule has 0 aromatic carbocycles. The highest BCUT2D eigenvalue weighted by molar-refractivity contribution is 5.00. The van der Waals surface area contributed by atoms with Crippen LogP contribution in [0.1, 0.15) is 26.7 Å². The third-order valence-corrected chi connectivity index (χ3v) is 1.23. The average molecular weight is 139 g/mol. The first-order valence-electron chi connectivity index (χ1n) is 3.80. The van der Waals surface area contributed by atoms with Crippen molar-refractivity contribution in [3.63, 3.8) is 0 Å². The van der Waals surface area contributed by atoms with E-state index >= 15 is 0 Å². The first kappa shape index (κ1) is 9.44. The number of hydrogen-bond donors (Lipinski definition) is 1. The fourth-order valence-electron chi connectivity index (χ4n) is 0.645. The van der Waals surface area contributed by atoms with Crippen LogP contribution in [0.5, 0.6) is 0 Å². The third kappa shape index (κ3) is 7.44. The fraction of sp³-hybridized carbons (Fsp3) is 0.556. The molecule has 0 radical (unpaired) electrons. The lowest BCUT2D eigenvalue weighted by Crippen LogP contribution is -2.13. The van der Waals surface area contributed by atoms with E-state index in [9.17, 15) is 0 Å². The predicted octanol–water partition coefficient (Wildman–Crippen LogP) is 2.25. The Hall–Kier alpha value is -0.560. The molecule has 2 N–H and O–H groups in total. The Bertz CT molecular complexity index is 112. The van der Waals surface area contributed by atoms with E-state index in [0.717, 1.165) is 12.8 Å². The molecule has 0 saturated heterocycles. The van der Waals surface area contributed by atoms with Crippen LogP contribution in [0.15, 0.2) is 24.3 Å². The van der Waals surface area contributed by atoms with E-state index in [4.69, 9.17) is 5.73 Å². The zero-order valence-electron chi connectivity index (χ0n) is 6.88. The van der Waals surface area contributed by atoms with Crippen LogP contribution in [0, 0.1) is 0 Å².